The van der Waals surface area contributed by atoms with Gasteiger partial charge >= 0.3 is 5.97 Å². The van der Waals surface area contributed by atoms with E-state index in [0.29, 0.717) is 46.6 Å². The number of rotatable bonds is 11. The number of nitrogens with zero attached hydrogens (tertiary/aromatic N) is 6. The predicted molar refractivity (Wildman–Crippen MR) is 165 cm³/mol. The second-order valence-corrected chi connectivity index (χ2v) is 12.1. The van der Waals surface area contributed by atoms with Gasteiger partial charge in [0.25, 0.3) is 10.0 Å². The number of hydrogen-bond acceptors (Lipinski definition) is 8. The maximum absolute atomic E-state index is 14.2. The molecule has 0 fully saturated rings. The Hall–Kier alpha value is -4.79. The Morgan fingerprint density at radius 1 is 1.02 bits per heavy atom. The lowest BCUT2D eigenvalue weighted by atomic mass is 10.1. The van der Waals surface area contributed by atoms with Crippen LogP contribution in [0.4, 0.5) is 5.69 Å². The van der Waals surface area contributed by atoms with Crippen LogP contribution in [0.5, 0.6) is 0 Å². The van der Waals surface area contributed by atoms with Gasteiger partial charge in [-0.05, 0) is 69.0 Å². The molecule has 0 saturated carbocycles. The standard InChI is InChI=1S/C32H32N6O4S/c1-4-42-31(39)22-37-28-15-14-26(20-27(28)35-30(37)19-23-10-12-24(21-33)13-11-23)38(18-17-36(2)3)43(40,41)29-9-5-7-25-8-6-16-34-32(25)29/h5-16,20H,4,17-19,22H2,1-3H3. The van der Waals surface area contributed by atoms with Crippen LogP contribution in [-0.4, -0.2) is 67.6 Å². The zero-order valence-corrected chi connectivity index (χ0v) is 25.1. The minimum Gasteiger partial charge on any atom is -0.465 e. The molecule has 5 rings (SSSR count). The largest absolute Gasteiger partial charge is 0.465 e. The summed E-state index contributed by atoms with van der Waals surface area (Å²) in [7, 11) is -0.243. The normalized spacial score (nSPS) is 11.6. The number of hydrogen-bond donors (Lipinski definition) is 0. The molecule has 220 valence electrons. The summed E-state index contributed by atoms with van der Waals surface area (Å²) in [4.78, 5) is 23.8. The van der Waals surface area contributed by atoms with Gasteiger partial charge in [-0.3, -0.25) is 14.1 Å². The van der Waals surface area contributed by atoms with Crippen molar-refractivity contribution in [1.29, 1.82) is 5.26 Å². The van der Waals surface area contributed by atoms with E-state index in [4.69, 9.17) is 15.0 Å². The molecular formula is C32H32N6O4S. The smallest absolute Gasteiger partial charge is 0.326 e. The maximum atomic E-state index is 14.2. The molecule has 10 nitrogen and oxygen atoms in total. The minimum atomic E-state index is -4.02. The summed E-state index contributed by atoms with van der Waals surface area (Å²) >= 11 is 0. The van der Waals surface area contributed by atoms with Gasteiger partial charge in [0.15, 0.2) is 0 Å². The van der Waals surface area contributed by atoms with Crippen LogP contribution in [0.2, 0.25) is 0 Å². The van der Waals surface area contributed by atoms with Gasteiger partial charge in [-0.25, -0.2) is 13.4 Å². The van der Waals surface area contributed by atoms with E-state index >= 15 is 0 Å². The summed E-state index contributed by atoms with van der Waals surface area (Å²) in [5, 5.41) is 9.89. The van der Waals surface area contributed by atoms with E-state index < -0.39 is 16.0 Å². The van der Waals surface area contributed by atoms with Crippen molar-refractivity contribution in [2.45, 2.75) is 24.8 Å². The first-order valence-electron chi connectivity index (χ1n) is 13.9. The summed E-state index contributed by atoms with van der Waals surface area (Å²) in [6, 6.07) is 23.3. The molecule has 5 aromatic rings. The van der Waals surface area contributed by atoms with Gasteiger partial charge in [-0.2, -0.15) is 5.26 Å². The third-order valence-corrected chi connectivity index (χ3v) is 8.91. The lowest BCUT2D eigenvalue weighted by Crippen LogP contribution is -2.37. The first-order valence-corrected chi connectivity index (χ1v) is 15.3. The van der Waals surface area contributed by atoms with Crippen molar-refractivity contribution in [3.05, 3.63) is 95.9 Å². The fraction of sp³-hybridized carbons (Fsp3) is 0.250. The number of nitriles is 1. The molecule has 0 spiro atoms. The number of para-hydroxylation sites is 1. The number of ether oxygens (including phenoxy) is 1. The van der Waals surface area contributed by atoms with Crippen LogP contribution in [0, 0.1) is 11.3 Å². The Balaban J connectivity index is 1.61. The fourth-order valence-corrected chi connectivity index (χ4v) is 6.55. The Bertz CT molecular complexity index is 1920. The molecule has 3 aromatic carbocycles. The molecule has 11 heteroatoms. The number of esters is 1. The summed E-state index contributed by atoms with van der Waals surface area (Å²) in [6.07, 6.45) is 1.99. The zero-order chi connectivity index (χ0) is 30.6. The number of aromatic nitrogens is 3. The number of fused-ring (bicyclic) bond motifs is 2. The van der Waals surface area contributed by atoms with Crippen LogP contribution in [0.25, 0.3) is 21.9 Å². The van der Waals surface area contributed by atoms with Gasteiger partial charge in [-0.15, -0.1) is 0 Å². The van der Waals surface area contributed by atoms with E-state index in [1.165, 1.54) is 4.31 Å². The van der Waals surface area contributed by atoms with Crippen LogP contribution in [0.3, 0.4) is 0 Å². The average Bonchev–Trinajstić information content (AvgIpc) is 3.32. The highest BCUT2D eigenvalue weighted by atomic mass is 32.2. The molecule has 0 amide bonds. The molecule has 2 aromatic heterocycles. The first-order chi connectivity index (χ1) is 20.7. The highest BCUT2D eigenvalue weighted by molar-refractivity contribution is 7.93. The summed E-state index contributed by atoms with van der Waals surface area (Å²) < 4.78 is 36.9. The summed E-state index contributed by atoms with van der Waals surface area (Å²) in [5.74, 6) is 0.219. The minimum absolute atomic E-state index is 0.0420. The van der Waals surface area contributed by atoms with E-state index in [2.05, 4.69) is 11.1 Å². The van der Waals surface area contributed by atoms with Crippen LogP contribution in [0.15, 0.2) is 83.9 Å². The van der Waals surface area contributed by atoms with Gasteiger partial charge in [0.2, 0.25) is 0 Å². The Morgan fingerprint density at radius 3 is 2.51 bits per heavy atom. The molecule has 0 aliphatic heterocycles. The quantitative estimate of drug-likeness (QED) is 0.206. The summed E-state index contributed by atoms with van der Waals surface area (Å²) in [5.41, 5.74) is 3.55. The molecule has 2 heterocycles. The Kier molecular flexibility index (Phi) is 8.71. The highest BCUT2D eigenvalue weighted by Crippen LogP contribution is 2.31. The van der Waals surface area contributed by atoms with Crippen LogP contribution in [0.1, 0.15) is 23.9 Å². The fourth-order valence-electron chi connectivity index (χ4n) is 4.93. The SMILES string of the molecule is CCOC(=O)Cn1c(Cc2ccc(C#N)cc2)nc2cc(N(CCN(C)C)S(=O)(=O)c3cccc4cccnc34)ccc21. The van der Waals surface area contributed by atoms with E-state index in [0.717, 1.165) is 10.9 Å². The van der Waals surface area contributed by atoms with Crippen molar-refractivity contribution in [2.24, 2.45) is 0 Å². The van der Waals surface area contributed by atoms with Gasteiger partial charge in [0.05, 0.1) is 40.5 Å². The third-order valence-electron chi connectivity index (χ3n) is 7.05. The number of sulfonamides is 1. The molecule has 0 aliphatic rings. The van der Waals surface area contributed by atoms with Crippen LogP contribution in [-0.2, 0) is 32.5 Å². The molecule has 0 atom stereocenters. The lowest BCUT2D eigenvalue weighted by Gasteiger charge is -2.26. The number of carbonyl (C=O) groups is 1. The molecule has 0 bridgehead atoms. The Morgan fingerprint density at radius 2 is 1.79 bits per heavy atom. The van der Waals surface area contributed by atoms with Gasteiger partial charge in [0.1, 0.15) is 17.3 Å². The van der Waals surface area contributed by atoms with E-state index in [1.807, 2.05) is 43.3 Å². The molecule has 43 heavy (non-hydrogen) atoms. The molecule has 0 saturated heterocycles. The number of carbonyl (C=O) groups excluding carboxylic acids is 1. The third kappa shape index (κ3) is 6.35. The van der Waals surface area contributed by atoms with Crippen LogP contribution >= 0.6 is 0 Å². The van der Waals surface area contributed by atoms with Crippen LogP contribution < -0.4 is 4.31 Å². The molecule has 0 radical (unpaired) electrons. The van der Waals surface area contributed by atoms with Crippen molar-refractivity contribution in [1.82, 2.24) is 19.4 Å². The van der Waals surface area contributed by atoms with E-state index in [9.17, 15) is 13.2 Å². The number of imidazole rings is 1. The topological polar surface area (TPSA) is 121 Å². The Labute approximate surface area is 250 Å². The van der Waals surface area contributed by atoms with Gasteiger partial charge in [-0.1, -0.05) is 30.3 Å². The van der Waals surface area contributed by atoms with Crippen molar-refractivity contribution >= 4 is 43.6 Å². The maximum Gasteiger partial charge on any atom is 0.326 e. The molecular weight excluding hydrogens is 564 g/mol. The average molecular weight is 597 g/mol. The molecule has 0 aliphatic carbocycles. The number of likely N-dealkylation sites (N-methyl/N-ethyl adjacent to an activating group) is 1. The number of anilines is 1. The van der Waals surface area contributed by atoms with Crippen molar-refractivity contribution in [3.63, 3.8) is 0 Å². The van der Waals surface area contributed by atoms with Crippen molar-refractivity contribution in [3.8, 4) is 6.07 Å². The highest BCUT2D eigenvalue weighted by Gasteiger charge is 2.28. The molecule has 0 unspecified atom stereocenters. The van der Waals surface area contributed by atoms with E-state index in [-0.39, 0.29) is 24.6 Å². The van der Waals surface area contributed by atoms with Crippen molar-refractivity contribution < 1.29 is 17.9 Å². The molecule has 0 N–H and O–H groups in total. The predicted octanol–water partition coefficient (Wildman–Crippen LogP) is 4.37. The van der Waals surface area contributed by atoms with E-state index in [1.54, 1.807) is 66.2 Å². The first kappa shape index (κ1) is 29.7. The van der Waals surface area contributed by atoms with Gasteiger partial charge < -0.3 is 14.2 Å². The lowest BCUT2D eigenvalue weighted by molar-refractivity contribution is -0.143. The number of pyridine rings is 1. The van der Waals surface area contributed by atoms with Crippen molar-refractivity contribution in [2.75, 3.05) is 38.1 Å². The monoisotopic (exact) mass is 596 g/mol. The number of benzene rings is 3. The van der Waals surface area contributed by atoms with Gasteiger partial charge in [0, 0.05) is 31.1 Å². The second-order valence-electron chi connectivity index (χ2n) is 10.3. The summed E-state index contributed by atoms with van der Waals surface area (Å²) in [6.45, 7) is 2.65. The second kappa shape index (κ2) is 12.6. The zero-order valence-electron chi connectivity index (χ0n) is 24.3.